The highest BCUT2D eigenvalue weighted by molar-refractivity contribution is 7.99. The topological polar surface area (TPSA) is 54.0 Å². The number of hydrogen-bond donors (Lipinski definition) is 2. The van der Waals surface area contributed by atoms with Crippen molar-refractivity contribution in [3.05, 3.63) is 41.4 Å². The summed E-state index contributed by atoms with van der Waals surface area (Å²) in [6.07, 6.45) is -3.75. The van der Waals surface area contributed by atoms with Crippen LogP contribution in [-0.2, 0) is 6.18 Å². The van der Waals surface area contributed by atoms with Gasteiger partial charge in [-0.1, -0.05) is 18.2 Å². The summed E-state index contributed by atoms with van der Waals surface area (Å²) in [6.45, 7) is 0.434. The number of halogens is 3. The van der Waals surface area contributed by atoms with Crippen molar-refractivity contribution < 1.29 is 18.0 Å². The maximum absolute atomic E-state index is 12.4. The highest BCUT2D eigenvalue weighted by atomic mass is 32.2. The molecule has 0 aliphatic rings. The molecule has 0 saturated heterocycles. The van der Waals surface area contributed by atoms with Crippen LogP contribution < -0.4 is 10.6 Å². The molecule has 0 radical (unpaired) electrons. The summed E-state index contributed by atoms with van der Waals surface area (Å²) in [7, 11) is 0. The molecule has 4 nitrogen and oxygen atoms in total. The van der Waals surface area contributed by atoms with Gasteiger partial charge in [0.1, 0.15) is 0 Å². The summed E-state index contributed by atoms with van der Waals surface area (Å²) < 4.78 is 37.1. The number of thiazole rings is 1. The van der Waals surface area contributed by atoms with Crippen molar-refractivity contribution in [3.63, 3.8) is 0 Å². The Morgan fingerprint density at radius 1 is 1.26 bits per heavy atom. The minimum absolute atomic E-state index is 0.0755. The fraction of sp³-hybridized carbons (Fsp3) is 0.286. The third-order valence-corrected chi connectivity index (χ3v) is 4.49. The Balaban J connectivity index is 1.64. The van der Waals surface area contributed by atoms with E-state index >= 15 is 0 Å². The molecule has 0 unspecified atom stereocenters. The summed E-state index contributed by atoms with van der Waals surface area (Å²) >= 11 is 2.41. The average molecular weight is 361 g/mol. The zero-order chi connectivity index (χ0) is 16.7. The number of nitrogens with zero attached hydrogens (tertiary/aromatic N) is 1. The minimum Gasteiger partial charge on any atom is -0.338 e. The van der Waals surface area contributed by atoms with Crippen LogP contribution in [0.15, 0.2) is 40.6 Å². The number of urea groups is 1. The minimum atomic E-state index is -4.50. The first-order valence-electron chi connectivity index (χ1n) is 6.70. The standard InChI is InChI=1S/C14H14F3N3OS2/c15-14(16,17)11-9-23-13(19-11)20-12(21)18-7-4-8-22-10-5-2-1-3-6-10/h1-3,5-6,9H,4,7-8H2,(H2,18,19,20,21). The van der Waals surface area contributed by atoms with Crippen molar-refractivity contribution >= 4 is 34.3 Å². The Morgan fingerprint density at radius 3 is 2.65 bits per heavy atom. The Bertz CT molecular complexity index is 632. The van der Waals surface area contributed by atoms with E-state index in [1.54, 1.807) is 11.8 Å². The molecule has 0 aliphatic heterocycles. The number of nitrogens with one attached hydrogen (secondary N) is 2. The van der Waals surface area contributed by atoms with E-state index in [4.69, 9.17) is 0 Å². The summed E-state index contributed by atoms with van der Waals surface area (Å²) in [5, 5.41) is 5.67. The van der Waals surface area contributed by atoms with E-state index in [-0.39, 0.29) is 5.13 Å². The molecular formula is C14H14F3N3OS2. The molecular weight excluding hydrogens is 347 g/mol. The maximum atomic E-state index is 12.4. The number of aromatic nitrogens is 1. The van der Waals surface area contributed by atoms with Gasteiger partial charge in [-0.25, -0.2) is 9.78 Å². The summed E-state index contributed by atoms with van der Waals surface area (Å²) in [5.74, 6) is 0.833. The number of anilines is 1. The van der Waals surface area contributed by atoms with E-state index in [0.29, 0.717) is 6.54 Å². The highest BCUT2D eigenvalue weighted by Gasteiger charge is 2.33. The van der Waals surface area contributed by atoms with Crippen LogP contribution in [0.25, 0.3) is 0 Å². The van der Waals surface area contributed by atoms with Gasteiger partial charge in [0.05, 0.1) is 0 Å². The third-order valence-electron chi connectivity index (χ3n) is 2.63. The van der Waals surface area contributed by atoms with E-state index in [1.165, 1.54) is 0 Å². The van der Waals surface area contributed by atoms with Crippen LogP contribution >= 0.6 is 23.1 Å². The van der Waals surface area contributed by atoms with Crippen LogP contribution in [0.5, 0.6) is 0 Å². The summed E-state index contributed by atoms with van der Waals surface area (Å²) in [6, 6.07) is 9.31. The SMILES string of the molecule is O=C(NCCCSc1ccccc1)Nc1nc(C(F)(F)F)cs1. The van der Waals surface area contributed by atoms with Gasteiger partial charge in [-0.05, 0) is 24.3 Å². The second-order valence-corrected chi connectivity index (χ2v) is 6.46. The van der Waals surface area contributed by atoms with Crippen LogP contribution in [0.2, 0.25) is 0 Å². The lowest BCUT2D eigenvalue weighted by Crippen LogP contribution is -2.29. The van der Waals surface area contributed by atoms with E-state index in [0.717, 1.165) is 33.8 Å². The lowest BCUT2D eigenvalue weighted by molar-refractivity contribution is -0.140. The molecule has 0 aliphatic carbocycles. The van der Waals surface area contributed by atoms with Crippen molar-refractivity contribution in [1.29, 1.82) is 0 Å². The number of carbonyl (C=O) groups excluding carboxylic acids is 1. The van der Waals surface area contributed by atoms with Crippen LogP contribution in [0.4, 0.5) is 23.1 Å². The molecule has 0 fully saturated rings. The fourth-order valence-corrected chi connectivity index (χ4v) is 3.17. The van der Waals surface area contributed by atoms with Crippen molar-refractivity contribution in [2.75, 3.05) is 17.6 Å². The van der Waals surface area contributed by atoms with Crippen LogP contribution in [0, 0.1) is 0 Å². The van der Waals surface area contributed by atoms with Crippen molar-refractivity contribution in [1.82, 2.24) is 10.3 Å². The van der Waals surface area contributed by atoms with Crippen molar-refractivity contribution in [3.8, 4) is 0 Å². The maximum Gasteiger partial charge on any atom is 0.434 e. The van der Waals surface area contributed by atoms with Crippen LogP contribution in [-0.4, -0.2) is 23.3 Å². The van der Waals surface area contributed by atoms with Crippen LogP contribution in [0.1, 0.15) is 12.1 Å². The lowest BCUT2D eigenvalue weighted by atomic mass is 10.4. The first-order chi connectivity index (χ1) is 10.9. The molecule has 0 atom stereocenters. The Morgan fingerprint density at radius 2 is 2.00 bits per heavy atom. The number of carbonyl (C=O) groups is 1. The first kappa shape index (κ1) is 17.6. The summed E-state index contributed by atoms with van der Waals surface area (Å²) in [4.78, 5) is 16.0. The van der Waals surface area contributed by atoms with E-state index in [1.807, 2.05) is 30.3 Å². The second kappa shape index (κ2) is 8.21. The predicted molar refractivity (Wildman–Crippen MR) is 85.9 cm³/mol. The number of hydrogen-bond acceptors (Lipinski definition) is 4. The molecule has 0 bridgehead atoms. The molecule has 2 aromatic rings. The van der Waals surface area contributed by atoms with Gasteiger partial charge >= 0.3 is 12.2 Å². The van der Waals surface area contributed by atoms with E-state index < -0.39 is 17.9 Å². The largest absolute Gasteiger partial charge is 0.434 e. The van der Waals surface area contributed by atoms with E-state index in [9.17, 15) is 18.0 Å². The molecule has 2 amide bonds. The van der Waals surface area contributed by atoms with Gasteiger partial charge in [0.15, 0.2) is 10.8 Å². The molecule has 1 aromatic heterocycles. The molecule has 0 spiro atoms. The van der Waals surface area contributed by atoms with Gasteiger partial charge in [-0.3, -0.25) is 5.32 Å². The zero-order valence-electron chi connectivity index (χ0n) is 11.9. The smallest absolute Gasteiger partial charge is 0.338 e. The molecule has 2 rings (SSSR count). The lowest BCUT2D eigenvalue weighted by Gasteiger charge is -2.05. The Kier molecular flexibility index (Phi) is 6.28. The quantitative estimate of drug-likeness (QED) is 0.590. The van der Waals surface area contributed by atoms with Gasteiger partial charge in [0.2, 0.25) is 0 Å². The molecule has 1 aromatic carbocycles. The van der Waals surface area contributed by atoms with Crippen LogP contribution in [0.3, 0.4) is 0 Å². The van der Waals surface area contributed by atoms with Gasteiger partial charge < -0.3 is 5.32 Å². The molecule has 0 saturated carbocycles. The zero-order valence-corrected chi connectivity index (χ0v) is 13.5. The normalized spacial score (nSPS) is 11.3. The van der Waals surface area contributed by atoms with Gasteiger partial charge in [-0.15, -0.1) is 23.1 Å². The fourth-order valence-electron chi connectivity index (χ4n) is 1.58. The molecule has 124 valence electrons. The number of amides is 2. The van der Waals surface area contributed by atoms with Gasteiger partial charge in [-0.2, -0.15) is 13.2 Å². The molecule has 2 N–H and O–H groups in total. The van der Waals surface area contributed by atoms with Crippen molar-refractivity contribution in [2.24, 2.45) is 0 Å². The van der Waals surface area contributed by atoms with Crippen molar-refractivity contribution in [2.45, 2.75) is 17.5 Å². The van der Waals surface area contributed by atoms with Gasteiger partial charge in [0, 0.05) is 16.8 Å². The number of benzene rings is 1. The number of rotatable bonds is 6. The molecule has 23 heavy (non-hydrogen) atoms. The van der Waals surface area contributed by atoms with Gasteiger partial charge in [0.25, 0.3) is 0 Å². The third kappa shape index (κ3) is 6.11. The average Bonchev–Trinajstić information content (AvgIpc) is 2.96. The first-order valence-corrected chi connectivity index (χ1v) is 8.57. The molecule has 1 heterocycles. The number of alkyl halides is 3. The Hall–Kier alpha value is -1.74. The summed E-state index contributed by atoms with van der Waals surface area (Å²) in [5.41, 5.74) is -1.00. The second-order valence-electron chi connectivity index (χ2n) is 4.43. The predicted octanol–water partition coefficient (Wildman–Crippen LogP) is 4.47. The highest BCUT2D eigenvalue weighted by Crippen LogP contribution is 2.31. The molecule has 9 heteroatoms. The Labute approximate surface area is 139 Å². The number of thioether (sulfide) groups is 1. The monoisotopic (exact) mass is 361 g/mol. The van der Waals surface area contributed by atoms with E-state index in [2.05, 4.69) is 15.6 Å².